The van der Waals surface area contributed by atoms with E-state index in [1.54, 1.807) is 0 Å². The van der Waals surface area contributed by atoms with Gasteiger partial charge in [0.1, 0.15) is 0 Å². The fourth-order valence-corrected chi connectivity index (χ4v) is 3.83. The first-order valence-electron chi connectivity index (χ1n) is 8.63. The molecule has 120 valence electrons. The summed E-state index contributed by atoms with van der Waals surface area (Å²) in [4.78, 5) is 16.9. The lowest BCUT2D eigenvalue weighted by molar-refractivity contribution is -0.133. The van der Waals surface area contributed by atoms with Crippen molar-refractivity contribution in [1.82, 2.24) is 15.1 Å². The number of hydrogen-bond donors (Lipinski definition) is 1. The number of rotatable bonds is 4. The van der Waals surface area contributed by atoms with Crippen molar-refractivity contribution in [2.45, 2.75) is 38.1 Å². The Hall–Kier alpha value is -0.650. The van der Waals surface area contributed by atoms with Gasteiger partial charge in [-0.3, -0.25) is 9.69 Å². The zero-order valence-electron chi connectivity index (χ0n) is 13.1. The molecule has 0 spiro atoms. The molecule has 3 fully saturated rings. The van der Waals surface area contributed by atoms with Crippen LogP contribution in [0.5, 0.6) is 0 Å². The van der Waals surface area contributed by atoms with E-state index in [9.17, 15) is 4.79 Å². The molecule has 0 radical (unpaired) electrons. The van der Waals surface area contributed by atoms with Crippen molar-refractivity contribution in [2.24, 2.45) is 5.92 Å². The van der Waals surface area contributed by atoms with Gasteiger partial charge < -0.3 is 15.0 Å². The summed E-state index contributed by atoms with van der Waals surface area (Å²) in [5, 5.41) is 3.38. The molecular formula is C16H29N3O2. The standard InChI is InChI=1S/C16H29N3O2/c20-16(2-1-14-3-6-17-13-14)19-9-7-18(8-10-19)15-4-11-21-12-5-15/h14-15,17H,1-13H2. The van der Waals surface area contributed by atoms with E-state index in [1.165, 1.54) is 6.42 Å². The molecule has 5 heteroatoms. The highest BCUT2D eigenvalue weighted by Gasteiger charge is 2.27. The fourth-order valence-electron chi connectivity index (χ4n) is 3.83. The molecular weight excluding hydrogens is 266 g/mol. The lowest BCUT2D eigenvalue weighted by Crippen LogP contribution is -2.53. The molecule has 21 heavy (non-hydrogen) atoms. The zero-order valence-corrected chi connectivity index (χ0v) is 13.1. The average molecular weight is 295 g/mol. The SMILES string of the molecule is O=C(CCC1CCNC1)N1CCN(C2CCOCC2)CC1. The lowest BCUT2D eigenvalue weighted by atomic mass is 10.0. The Bertz CT molecular complexity index is 330. The fraction of sp³-hybridized carbons (Fsp3) is 0.938. The van der Waals surface area contributed by atoms with E-state index in [0.29, 0.717) is 11.9 Å². The van der Waals surface area contributed by atoms with Gasteiger partial charge in [-0.25, -0.2) is 0 Å². The summed E-state index contributed by atoms with van der Waals surface area (Å²) in [5.74, 6) is 1.09. The van der Waals surface area contributed by atoms with Gasteiger partial charge in [-0.05, 0) is 44.7 Å². The molecule has 1 unspecified atom stereocenters. The van der Waals surface area contributed by atoms with E-state index >= 15 is 0 Å². The highest BCUT2D eigenvalue weighted by atomic mass is 16.5. The van der Waals surface area contributed by atoms with Gasteiger partial charge in [-0.15, -0.1) is 0 Å². The largest absolute Gasteiger partial charge is 0.381 e. The number of carbonyl (C=O) groups excluding carboxylic acids is 1. The van der Waals surface area contributed by atoms with E-state index in [2.05, 4.69) is 15.1 Å². The van der Waals surface area contributed by atoms with Crippen molar-refractivity contribution >= 4 is 5.91 Å². The Morgan fingerprint density at radius 3 is 2.52 bits per heavy atom. The Labute approximate surface area is 128 Å². The molecule has 3 aliphatic heterocycles. The number of hydrogen-bond acceptors (Lipinski definition) is 4. The van der Waals surface area contributed by atoms with Gasteiger partial charge in [-0.2, -0.15) is 0 Å². The summed E-state index contributed by atoms with van der Waals surface area (Å²) in [5.41, 5.74) is 0. The van der Waals surface area contributed by atoms with Crippen molar-refractivity contribution < 1.29 is 9.53 Å². The minimum absolute atomic E-state index is 0.369. The van der Waals surface area contributed by atoms with E-state index < -0.39 is 0 Å². The Morgan fingerprint density at radius 2 is 1.86 bits per heavy atom. The van der Waals surface area contributed by atoms with E-state index in [-0.39, 0.29) is 0 Å². The van der Waals surface area contributed by atoms with E-state index in [1.807, 2.05) is 0 Å². The molecule has 0 saturated carbocycles. The second-order valence-corrected chi connectivity index (χ2v) is 6.66. The van der Waals surface area contributed by atoms with Gasteiger partial charge in [0, 0.05) is 51.9 Å². The molecule has 3 heterocycles. The predicted molar refractivity (Wildman–Crippen MR) is 82.2 cm³/mol. The third kappa shape index (κ3) is 4.18. The second kappa shape index (κ2) is 7.56. The smallest absolute Gasteiger partial charge is 0.222 e. The van der Waals surface area contributed by atoms with Crippen LogP contribution in [0, 0.1) is 5.92 Å². The van der Waals surface area contributed by atoms with Crippen LogP contribution in [0.15, 0.2) is 0 Å². The maximum Gasteiger partial charge on any atom is 0.222 e. The molecule has 5 nitrogen and oxygen atoms in total. The second-order valence-electron chi connectivity index (χ2n) is 6.66. The summed E-state index contributed by atoms with van der Waals surface area (Å²) in [6, 6.07) is 0.681. The normalized spacial score (nSPS) is 29.0. The van der Waals surface area contributed by atoms with Crippen LogP contribution < -0.4 is 5.32 Å². The zero-order chi connectivity index (χ0) is 14.5. The lowest BCUT2D eigenvalue weighted by Gasteiger charge is -2.40. The molecule has 0 aliphatic carbocycles. The van der Waals surface area contributed by atoms with Crippen LogP contribution >= 0.6 is 0 Å². The highest BCUT2D eigenvalue weighted by Crippen LogP contribution is 2.18. The first kappa shape index (κ1) is 15.3. The predicted octanol–water partition coefficient (Wildman–Crippen LogP) is 0.699. The van der Waals surface area contributed by atoms with Crippen LogP contribution in [-0.4, -0.2) is 74.2 Å². The third-order valence-corrected chi connectivity index (χ3v) is 5.30. The molecule has 1 atom stereocenters. The first-order valence-corrected chi connectivity index (χ1v) is 8.63. The van der Waals surface area contributed by atoms with Gasteiger partial charge in [0.05, 0.1) is 0 Å². The van der Waals surface area contributed by atoms with Crippen LogP contribution in [-0.2, 0) is 9.53 Å². The molecule has 3 aliphatic rings. The summed E-state index contributed by atoms with van der Waals surface area (Å²) in [6.07, 6.45) is 5.35. The van der Waals surface area contributed by atoms with Crippen molar-refractivity contribution in [1.29, 1.82) is 0 Å². The number of ether oxygens (including phenoxy) is 1. The van der Waals surface area contributed by atoms with Gasteiger partial charge in [0.15, 0.2) is 0 Å². The molecule has 1 N–H and O–H groups in total. The molecule has 3 rings (SSSR count). The van der Waals surface area contributed by atoms with Crippen LogP contribution in [0.3, 0.4) is 0 Å². The van der Waals surface area contributed by atoms with Gasteiger partial charge in [-0.1, -0.05) is 0 Å². The third-order valence-electron chi connectivity index (χ3n) is 5.30. The van der Waals surface area contributed by atoms with Crippen molar-refractivity contribution in [2.75, 3.05) is 52.5 Å². The minimum atomic E-state index is 0.369. The number of carbonyl (C=O) groups is 1. The molecule has 0 aromatic carbocycles. The van der Waals surface area contributed by atoms with E-state index in [4.69, 9.17) is 4.74 Å². The molecule has 3 saturated heterocycles. The first-order chi connectivity index (χ1) is 10.3. The van der Waals surface area contributed by atoms with E-state index in [0.717, 1.165) is 84.1 Å². The summed E-state index contributed by atoms with van der Waals surface area (Å²) < 4.78 is 5.43. The monoisotopic (exact) mass is 295 g/mol. The molecule has 1 amide bonds. The Balaban J connectivity index is 1.37. The van der Waals surface area contributed by atoms with Crippen LogP contribution in [0.1, 0.15) is 32.1 Å². The number of nitrogens with one attached hydrogen (secondary N) is 1. The topological polar surface area (TPSA) is 44.8 Å². The minimum Gasteiger partial charge on any atom is -0.381 e. The van der Waals surface area contributed by atoms with Gasteiger partial charge in [0.25, 0.3) is 0 Å². The summed E-state index contributed by atoms with van der Waals surface area (Å²) >= 11 is 0. The Morgan fingerprint density at radius 1 is 1.10 bits per heavy atom. The van der Waals surface area contributed by atoms with Crippen LogP contribution in [0.2, 0.25) is 0 Å². The van der Waals surface area contributed by atoms with Crippen molar-refractivity contribution in [3.05, 3.63) is 0 Å². The molecule has 0 aromatic heterocycles. The number of piperazine rings is 1. The quantitative estimate of drug-likeness (QED) is 0.829. The Kier molecular flexibility index (Phi) is 5.49. The van der Waals surface area contributed by atoms with Crippen molar-refractivity contribution in [3.63, 3.8) is 0 Å². The molecule has 0 bridgehead atoms. The number of amides is 1. The average Bonchev–Trinajstić information content (AvgIpc) is 3.07. The van der Waals surface area contributed by atoms with Crippen LogP contribution in [0.4, 0.5) is 0 Å². The maximum atomic E-state index is 12.3. The highest BCUT2D eigenvalue weighted by molar-refractivity contribution is 5.76. The van der Waals surface area contributed by atoms with Gasteiger partial charge in [0.2, 0.25) is 5.91 Å². The van der Waals surface area contributed by atoms with Crippen molar-refractivity contribution in [3.8, 4) is 0 Å². The van der Waals surface area contributed by atoms with Gasteiger partial charge >= 0.3 is 0 Å². The molecule has 0 aromatic rings. The van der Waals surface area contributed by atoms with Crippen LogP contribution in [0.25, 0.3) is 0 Å². The maximum absolute atomic E-state index is 12.3. The summed E-state index contributed by atoms with van der Waals surface area (Å²) in [6.45, 7) is 7.95. The summed E-state index contributed by atoms with van der Waals surface area (Å²) in [7, 11) is 0. The number of nitrogens with zero attached hydrogens (tertiary/aromatic N) is 2.